The van der Waals surface area contributed by atoms with Crippen molar-refractivity contribution in [2.75, 3.05) is 0 Å². The minimum Gasteiger partial charge on any atom is -0.299 e. The van der Waals surface area contributed by atoms with E-state index in [4.69, 9.17) is 0 Å². The summed E-state index contributed by atoms with van der Waals surface area (Å²) in [4.78, 5) is 14.0. The summed E-state index contributed by atoms with van der Waals surface area (Å²) >= 11 is 0. The summed E-state index contributed by atoms with van der Waals surface area (Å²) in [7, 11) is 0. The molecule has 50 valence electrons. The van der Waals surface area contributed by atoms with Crippen molar-refractivity contribution in [3.05, 3.63) is 12.3 Å². The molecule has 2 heteroatoms. The molecule has 0 aromatic carbocycles. The molecule has 0 saturated heterocycles. The summed E-state index contributed by atoms with van der Waals surface area (Å²) in [6, 6.07) is 0. The molecule has 2 nitrogen and oxygen atoms in total. The highest BCUT2D eigenvalue weighted by molar-refractivity contribution is 5.79. The van der Waals surface area contributed by atoms with E-state index in [-0.39, 0.29) is 5.78 Å². The van der Waals surface area contributed by atoms with Crippen molar-refractivity contribution in [1.29, 1.82) is 0 Å². The van der Waals surface area contributed by atoms with Crippen LogP contribution in [0.15, 0.2) is 17.3 Å². The third-order valence-corrected chi connectivity index (χ3v) is 0.951. The van der Waals surface area contributed by atoms with E-state index in [0.717, 1.165) is 0 Å². The molecule has 0 aliphatic heterocycles. The normalized spacial score (nSPS) is 9.89. The summed E-state index contributed by atoms with van der Waals surface area (Å²) in [5, 5.41) is 0. The van der Waals surface area contributed by atoms with Gasteiger partial charge in [0.05, 0.1) is 0 Å². The first-order valence-electron chi connectivity index (χ1n) is 2.93. The molecule has 0 bridgehead atoms. The number of carbonyl (C=O) groups is 1. The number of hydrogen-bond acceptors (Lipinski definition) is 2. The average Bonchev–Trinajstić information content (AvgIpc) is 1.89. The number of rotatable bonds is 4. The zero-order chi connectivity index (χ0) is 7.11. The second-order valence-electron chi connectivity index (χ2n) is 1.66. The Balaban J connectivity index is 3.37. The standard InChI is InChI=1S/C7H11NO/c1-3-7(9)5-4-6-8-2/h4,6H,2-3,5H2,1H3/b6-4-. The van der Waals surface area contributed by atoms with E-state index in [9.17, 15) is 4.79 Å². The van der Waals surface area contributed by atoms with Crippen LogP contribution in [0.4, 0.5) is 0 Å². The SMILES string of the molecule is C=N/C=C\CC(=O)CC. The van der Waals surface area contributed by atoms with Gasteiger partial charge in [-0.25, -0.2) is 0 Å². The molecule has 0 radical (unpaired) electrons. The molecule has 0 heterocycles. The van der Waals surface area contributed by atoms with Crippen LogP contribution < -0.4 is 0 Å². The van der Waals surface area contributed by atoms with Gasteiger partial charge in [0.25, 0.3) is 0 Å². The maximum Gasteiger partial charge on any atom is 0.136 e. The highest BCUT2D eigenvalue weighted by atomic mass is 16.1. The van der Waals surface area contributed by atoms with E-state index >= 15 is 0 Å². The van der Waals surface area contributed by atoms with Gasteiger partial charge in [-0.3, -0.25) is 9.79 Å². The fourth-order valence-electron chi connectivity index (χ4n) is 0.403. The van der Waals surface area contributed by atoms with Gasteiger partial charge in [-0.2, -0.15) is 0 Å². The highest BCUT2D eigenvalue weighted by Gasteiger charge is 1.90. The molecule has 0 spiro atoms. The average molecular weight is 125 g/mol. The van der Waals surface area contributed by atoms with Crippen molar-refractivity contribution in [2.24, 2.45) is 4.99 Å². The van der Waals surface area contributed by atoms with Crippen molar-refractivity contribution in [1.82, 2.24) is 0 Å². The predicted octanol–water partition coefficient (Wildman–Crippen LogP) is 1.57. The van der Waals surface area contributed by atoms with Crippen LogP contribution in [0.25, 0.3) is 0 Å². The summed E-state index contributed by atoms with van der Waals surface area (Å²) in [6.45, 7) is 5.08. The number of carbonyl (C=O) groups excluding carboxylic acids is 1. The Morgan fingerprint density at radius 1 is 1.78 bits per heavy atom. The first-order chi connectivity index (χ1) is 4.31. The van der Waals surface area contributed by atoms with Crippen LogP contribution in [-0.2, 0) is 4.79 Å². The Hall–Kier alpha value is -0.920. The second-order valence-corrected chi connectivity index (χ2v) is 1.66. The van der Waals surface area contributed by atoms with Crippen LogP contribution in [0, 0.1) is 0 Å². The van der Waals surface area contributed by atoms with Crippen LogP contribution in [0.3, 0.4) is 0 Å². The molecule has 0 rings (SSSR count). The summed E-state index contributed by atoms with van der Waals surface area (Å²) in [5.74, 6) is 0.231. The van der Waals surface area contributed by atoms with Crippen molar-refractivity contribution in [3.8, 4) is 0 Å². The van der Waals surface area contributed by atoms with Crippen molar-refractivity contribution < 1.29 is 4.79 Å². The molecule has 0 fully saturated rings. The zero-order valence-electron chi connectivity index (χ0n) is 5.63. The van der Waals surface area contributed by atoms with Gasteiger partial charge < -0.3 is 0 Å². The minimum absolute atomic E-state index is 0.231. The fraction of sp³-hybridized carbons (Fsp3) is 0.429. The molecule has 0 unspecified atom stereocenters. The number of allylic oxidation sites excluding steroid dienone is 1. The maximum absolute atomic E-state index is 10.6. The van der Waals surface area contributed by atoms with Crippen molar-refractivity contribution in [2.45, 2.75) is 19.8 Å². The Labute approximate surface area is 55.3 Å². The number of Topliss-reactive ketones (excluding diaryl/α,β-unsaturated/α-hetero) is 1. The third-order valence-electron chi connectivity index (χ3n) is 0.951. The molecule has 9 heavy (non-hydrogen) atoms. The Kier molecular flexibility index (Phi) is 4.69. The van der Waals surface area contributed by atoms with Gasteiger partial charge in [-0.15, -0.1) is 0 Å². The zero-order valence-corrected chi connectivity index (χ0v) is 5.63. The van der Waals surface area contributed by atoms with Gasteiger partial charge in [0.1, 0.15) is 5.78 Å². The lowest BCUT2D eigenvalue weighted by Gasteiger charge is -1.85. The van der Waals surface area contributed by atoms with E-state index in [2.05, 4.69) is 11.7 Å². The monoisotopic (exact) mass is 125 g/mol. The summed E-state index contributed by atoms with van der Waals surface area (Å²) in [5.41, 5.74) is 0. The largest absolute Gasteiger partial charge is 0.299 e. The van der Waals surface area contributed by atoms with Gasteiger partial charge in [0.15, 0.2) is 0 Å². The van der Waals surface area contributed by atoms with E-state index in [0.29, 0.717) is 12.8 Å². The molecule has 0 N–H and O–H groups in total. The van der Waals surface area contributed by atoms with Gasteiger partial charge in [-0.05, 0) is 6.72 Å². The molecule has 0 aromatic heterocycles. The van der Waals surface area contributed by atoms with Crippen LogP contribution in [0.5, 0.6) is 0 Å². The van der Waals surface area contributed by atoms with Crippen molar-refractivity contribution in [3.63, 3.8) is 0 Å². The quantitative estimate of drug-likeness (QED) is 0.524. The Bertz CT molecular complexity index is 127. The molecular weight excluding hydrogens is 114 g/mol. The smallest absolute Gasteiger partial charge is 0.136 e. The molecule has 0 saturated carbocycles. The molecule has 0 amide bonds. The Morgan fingerprint density at radius 3 is 2.89 bits per heavy atom. The fourth-order valence-corrected chi connectivity index (χ4v) is 0.403. The van der Waals surface area contributed by atoms with E-state index in [1.165, 1.54) is 6.20 Å². The van der Waals surface area contributed by atoms with Gasteiger partial charge in [0, 0.05) is 19.0 Å². The third kappa shape index (κ3) is 4.94. The molecule has 0 aliphatic carbocycles. The molecule has 0 aliphatic rings. The van der Waals surface area contributed by atoms with Gasteiger partial charge in [-0.1, -0.05) is 13.0 Å². The highest BCUT2D eigenvalue weighted by Crippen LogP contribution is 1.89. The van der Waals surface area contributed by atoms with E-state index in [1.54, 1.807) is 6.08 Å². The van der Waals surface area contributed by atoms with Crippen LogP contribution in [0.2, 0.25) is 0 Å². The summed E-state index contributed by atoms with van der Waals surface area (Å²) in [6.07, 6.45) is 4.32. The number of hydrogen-bond donors (Lipinski definition) is 0. The number of nitrogens with zero attached hydrogens (tertiary/aromatic N) is 1. The van der Waals surface area contributed by atoms with E-state index in [1.807, 2.05) is 6.92 Å². The van der Waals surface area contributed by atoms with Gasteiger partial charge in [0.2, 0.25) is 0 Å². The van der Waals surface area contributed by atoms with Gasteiger partial charge >= 0.3 is 0 Å². The van der Waals surface area contributed by atoms with Crippen LogP contribution in [0.1, 0.15) is 19.8 Å². The Morgan fingerprint density at radius 2 is 2.44 bits per heavy atom. The second kappa shape index (κ2) is 5.22. The molecule has 0 aromatic rings. The lowest BCUT2D eigenvalue weighted by Crippen LogP contribution is -1.90. The predicted molar refractivity (Wildman–Crippen MR) is 38.6 cm³/mol. The van der Waals surface area contributed by atoms with E-state index < -0.39 is 0 Å². The van der Waals surface area contributed by atoms with Crippen LogP contribution in [-0.4, -0.2) is 12.5 Å². The summed E-state index contributed by atoms with van der Waals surface area (Å²) < 4.78 is 0. The topological polar surface area (TPSA) is 29.4 Å². The first-order valence-corrected chi connectivity index (χ1v) is 2.93. The minimum atomic E-state index is 0.231. The maximum atomic E-state index is 10.6. The number of ketones is 1. The number of aliphatic imine (C=N–C) groups is 1. The van der Waals surface area contributed by atoms with Crippen LogP contribution >= 0.6 is 0 Å². The van der Waals surface area contributed by atoms with Crippen molar-refractivity contribution >= 4 is 12.5 Å². The molecule has 0 atom stereocenters. The first kappa shape index (κ1) is 8.08. The molecular formula is C7H11NO. The lowest BCUT2D eigenvalue weighted by atomic mass is 10.2. The lowest BCUT2D eigenvalue weighted by molar-refractivity contribution is -0.117.